The van der Waals surface area contributed by atoms with Crippen molar-refractivity contribution in [2.75, 3.05) is 13.8 Å². The lowest BCUT2D eigenvalue weighted by Gasteiger charge is -2.07. The summed E-state index contributed by atoms with van der Waals surface area (Å²) in [5.41, 5.74) is 2.17. The fraction of sp³-hybridized carbons (Fsp3) is 0.267. The molecule has 1 aromatic carbocycles. The minimum Gasteiger partial charge on any atom is -0.473 e. The molecule has 1 aromatic heterocycles. The molecule has 0 radical (unpaired) electrons. The van der Waals surface area contributed by atoms with Crippen molar-refractivity contribution in [1.29, 1.82) is 0 Å². The minimum absolute atomic E-state index is 0.285. The number of benzene rings is 1. The lowest BCUT2D eigenvalue weighted by molar-refractivity contribution is 0.174. The van der Waals surface area contributed by atoms with Gasteiger partial charge in [-0.3, -0.25) is 0 Å². The van der Waals surface area contributed by atoms with Gasteiger partial charge in [-0.15, -0.1) is 0 Å². The van der Waals surface area contributed by atoms with E-state index >= 15 is 0 Å². The summed E-state index contributed by atoms with van der Waals surface area (Å²) in [6.07, 6.45) is 1.75. The van der Waals surface area contributed by atoms with Crippen molar-refractivity contribution >= 4 is 0 Å². The van der Waals surface area contributed by atoms with Crippen LogP contribution in [0.25, 0.3) is 0 Å². The summed E-state index contributed by atoms with van der Waals surface area (Å²) >= 11 is 0. The summed E-state index contributed by atoms with van der Waals surface area (Å²) in [4.78, 5) is 4.20. The Bertz CT molecular complexity index is 601. The van der Waals surface area contributed by atoms with E-state index in [1.165, 1.54) is 0 Å². The summed E-state index contributed by atoms with van der Waals surface area (Å²) in [6, 6.07) is 9.68. The van der Waals surface area contributed by atoms with Crippen molar-refractivity contribution < 1.29 is 14.2 Å². The lowest BCUT2D eigenvalue weighted by Crippen LogP contribution is -2.05. The molecule has 0 amide bonds. The number of fused-ring (bicyclic) bond motifs is 1. The van der Waals surface area contributed by atoms with Gasteiger partial charge < -0.3 is 19.5 Å². The predicted molar refractivity (Wildman–Crippen MR) is 73.9 cm³/mol. The largest absolute Gasteiger partial charge is 0.473 e. The molecule has 1 aliphatic rings. The molecule has 1 aliphatic heterocycles. The Morgan fingerprint density at radius 1 is 1.15 bits per heavy atom. The third-order valence-electron chi connectivity index (χ3n) is 3.00. The van der Waals surface area contributed by atoms with E-state index < -0.39 is 0 Å². The van der Waals surface area contributed by atoms with Crippen LogP contribution in [0.1, 0.15) is 11.1 Å². The van der Waals surface area contributed by atoms with Gasteiger partial charge in [0.1, 0.15) is 6.61 Å². The molecule has 2 heterocycles. The molecule has 20 heavy (non-hydrogen) atoms. The fourth-order valence-electron chi connectivity index (χ4n) is 2.03. The van der Waals surface area contributed by atoms with E-state index in [0.717, 1.165) is 29.2 Å². The van der Waals surface area contributed by atoms with Crippen molar-refractivity contribution in [1.82, 2.24) is 10.3 Å². The topological polar surface area (TPSA) is 52.6 Å². The predicted octanol–water partition coefficient (Wildman–Crippen LogP) is 2.11. The number of rotatable bonds is 5. The minimum atomic E-state index is 0.285. The molecule has 2 aromatic rings. The molecule has 104 valence electrons. The molecule has 5 nitrogen and oxygen atoms in total. The molecule has 0 saturated heterocycles. The Kier molecular flexibility index (Phi) is 3.69. The van der Waals surface area contributed by atoms with Crippen LogP contribution in [-0.2, 0) is 13.2 Å². The maximum absolute atomic E-state index is 5.70. The van der Waals surface area contributed by atoms with Crippen LogP contribution in [-0.4, -0.2) is 18.8 Å². The van der Waals surface area contributed by atoms with Crippen LogP contribution in [0, 0.1) is 0 Å². The fourth-order valence-corrected chi connectivity index (χ4v) is 2.03. The zero-order valence-corrected chi connectivity index (χ0v) is 11.3. The average Bonchev–Trinajstić information content (AvgIpc) is 2.93. The van der Waals surface area contributed by atoms with Gasteiger partial charge in [-0.25, -0.2) is 4.98 Å². The van der Waals surface area contributed by atoms with Gasteiger partial charge in [-0.2, -0.15) is 0 Å². The van der Waals surface area contributed by atoms with Crippen molar-refractivity contribution in [2.45, 2.75) is 13.2 Å². The van der Waals surface area contributed by atoms with Gasteiger partial charge in [0.05, 0.1) is 0 Å². The van der Waals surface area contributed by atoms with Crippen molar-refractivity contribution in [3.05, 3.63) is 47.7 Å². The first-order chi connectivity index (χ1) is 9.85. The molecule has 3 rings (SSSR count). The van der Waals surface area contributed by atoms with Crippen molar-refractivity contribution in [2.24, 2.45) is 0 Å². The molecule has 0 aliphatic carbocycles. The molecule has 0 saturated carbocycles. The SMILES string of the molecule is CNCc1ccnc(OCc2ccc3c(c2)OCO3)c1. The van der Waals surface area contributed by atoms with Gasteiger partial charge in [0.15, 0.2) is 11.5 Å². The van der Waals surface area contributed by atoms with E-state index in [4.69, 9.17) is 14.2 Å². The Hall–Kier alpha value is -2.27. The average molecular weight is 272 g/mol. The highest BCUT2D eigenvalue weighted by Gasteiger charge is 2.13. The number of hydrogen-bond acceptors (Lipinski definition) is 5. The van der Waals surface area contributed by atoms with E-state index in [9.17, 15) is 0 Å². The molecule has 0 fully saturated rings. The van der Waals surface area contributed by atoms with Crippen LogP contribution in [0.4, 0.5) is 0 Å². The number of nitrogens with zero attached hydrogens (tertiary/aromatic N) is 1. The molecular formula is C15H16N2O3. The summed E-state index contributed by atoms with van der Waals surface area (Å²) in [5, 5.41) is 3.10. The van der Waals surface area contributed by atoms with Gasteiger partial charge in [0.2, 0.25) is 12.7 Å². The maximum atomic E-state index is 5.70. The summed E-state index contributed by atoms with van der Waals surface area (Å²) in [7, 11) is 1.91. The monoisotopic (exact) mass is 272 g/mol. The standard InChI is InChI=1S/C15H16N2O3/c1-16-8-11-4-5-17-15(7-11)18-9-12-2-3-13-14(6-12)20-10-19-13/h2-7,16H,8-10H2,1H3. The molecule has 0 bridgehead atoms. The van der Waals surface area contributed by atoms with Crippen LogP contribution in [0.5, 0.6) is 17.4 Å². The zero-order chi connectivity index (χ0) is 13.8. The summed E-state index contributed by atoms with van der Waals surface area (Å²) in [5.74, 6) is 2.17. The van der Waals surface area contributed by atoms with E-state index in [1.807, 2.05) is 37.4 Å². The molecule has 0 atom stereocenters. The second-order valence-electron chi connectivity index (χ2n) is 4.51. The number of aromatic nitrogens is 1. The number of hydrogen-bond donors (Lipinski definition) is 1. The van der Waals surface area contributed by atoms with E-state index in [-0.39, 0.29) is 6.79 Å². The highest BCUT2D eigenvalue weighted by molar-refractivity contribution is 5.44. The van der Waals surface area contributed by atoms with Crippen LogP contribution >= 0.6 is 0 Å². The summed E-state index contributed by atoms with van der Waals surface area (Å²) < 4.78 is 16.3. The third kappa shape index (κ3) is 2.83. The second-order valence-corrected chi connectivity index (χ2v) is 4.51. The zero-order valence-electron chi connectivity index (χ0n) is 11.3. The number of ether oxygens (including phenoxy) is 3. The van der Waals surface area contributed by atoms with Gasteiger partial charge in [0.25, 0.3) is 0 Å². The normalized spacial score (nSPS) is 12.4. The maximum Gasteiger partial charge on any atom is 0.231 e. The summed E-state index contributed by atoms with van der Waals surface area (Å²) in [6.45, 7) is 1.53. The first-order valence-corrected chi connectivity index (χ1v) is 6.46. The van der Waals surface area contributed by atoms with Crippen LogP contribution in [0.15, 0.2) is 36.5 Å². The van der Waals surface area contributed by atoms with E-state index in [2.05, 4.69) is 10.3 Å². The molecular weight excluding hydrogens is 256 g/mol. The lowest BCUT2D eigenvalue weighted by atomic mass is 10.2. The van der Waals surface area contributed by atoms with Crippen LogP contribution in [0.2, 0.25) is 0 Å². The van der Waals surface area contributed by atoms with Gasteiger partial charge in [0, 0.05) is 18.8 Å². The molecule has 0 spiro atoms. The Labute approximate surface area is 117 Å². The van der Waals surface area contributed by atoms with E-state index in [0.29, 0.717) is 12.5 Å². The number of nitrogens with one attached hydrogen (secondary N) is 1. The smallest absolute Gasteiger partial charge is 0.231 e. The van der Waals surface area contributed by atoms with Crippen LogP contribution < -0.4 is 19.5 Å². The Morgan fingerprint density at radius 2 is 2.05 bits per heavy atom. The van der Waals surface area contributed by atoms with Crippen molar-refractivity contribution in [3.8, 4) is 17.4 Å². The van der Waals surface area contributed by atoms with Crippen LogP contribution in [0.3, 0.4) is 0 Å². The van der Waals surface area contributed by atoms with Crippen molar-refractivity contribution in [3.63, 3.8) is 0 Å². The first-order valence-electron chi connectivity index (χ1n) is 6.46. The Morgan fingerprint density at radius 3 is 2.95 bits per heavy atom. The molecule has 5 heteroatoms. The third-order valence-corrected chi connectivity index (χ3v) is 3.00. The Balaban J connectivity index is 1.65. The van der Waals surface area contributed by atoms with Gasteiger partial charge in [-0.05, 0) is 36.4 Å². The van der Waals surface area contributed by atoms with Gasteiger partial charge in [-0.1, -0.05) is 6.07 Å². The second kappa shape index (κ2) is 5.79. The first kappa shape index (κ1) is 12.7. The quantitative estimate of drug-likeness (QED) is 0.903. The highest BCUT2D eigenvalue weighted by Crippen LogP contribution is 2.32. The molecule has 0 unspecified atom stereocenters. The highest BCUT2D eigenvalue weighted by atomic mass is 16.7. The number of pyridine rings is 1. The molecule has 1 N–H and O–H groups in total. The van der Waals surface area contributed by atoms with Gasteiger partial charge >= 0.3 is 0 Å². The van der Waals surface area contributed by atoms with E-state index in [1.54, 1.807) is 6.20 Å².